The van der Waals surface area contributed by atoms with Crippen molar-refractivity contribution in [1.82, 2.24) is 19.7 Å². The van der Waals surface area contributed by atoms with Crippen molar-refractivity contribution in [3.8, 4) is 17.1 Å². The number of benzene rings is 3. The smallest absolute Gasteiger partial charge is 0.170 e. The van der Waals surface area contributed by atoms with Crippen LogP contribution in [0.15, 0.2) is 71.2 Å². The van der Waals surface area contributed by atoms with Gasteiger partial charge in [-0.2, -0.15) is 0 Å². The molecular formula is C26H24BrN5. The minimum absolute atomic E-state index is 0.737. The van der Waals surface area contributed by atoms with Crippen LogP contribution in [0.1, 0.15) is 17.0 Å². The van der Waals surface area contributed by atoms with Crippen molar-refractivity contribution in [2.45, 2.75) is 19.4 Å². The second kappa shape index (κ2) is 7.87. The highest BCUT2D eigenvalue weighted by Gasteiger charge is 2.33. The van der Waals surface area contributed by atoms with E-state index in [1.807, 2.05) is 0 Å². The molecule has 4 aromatic rings. The molecule has 0 amide bonds. The Kier molecular flexibility index (Phi) is 4.85. The number of aromatic nitrogens is 3. The molecule has 0 unspecified atom stereocenters. The molecular weight excluding hydrogens is 462 g/mol. The Labute approximate surface area is 196 Å². The Morgan fingerprint density at radius 2 is 1.84 bits per heavy atom. The molecule has 0 saturated carbocycles. The monoisotopic (exact) mass is 485 g/mol. The third-order valence-corrected chi connectivity index (χ3v) is 6.96. The van der Waals surface area contributed by atoms with Gasteiger partial charge in [-0.15, -0.1) is 10.2 Å². The lowest BCUT2D eigenvalue weighted by Crippen LogP contribution is -2.23. The van der Waals surface area contributed by atoms with E-state index in [0.717, 1.165) is 59.8 Å². The van der Waals surface area contributed by atoms with E-state index < -0.39 is 0 Å². The molecule has 1 aromatic heterocycles. The van der Waals surface area contributed by atoms with Gasteiger partial charge in [-0.3, -0.25) is 9.47 Å². The van der Waals surface area contributed by atoms with Crippen LogP contribution in [0.5, 0.6) is 0 Å². The van der Waals surface area contributed by atoms with Crippen LogP contribution in [-0.4, -0.2) is 39.8 Å². The summed E-state index contributed by atoms with van der Waals surface area (Å²) in [5.74, 6) is 1.89. The third kappa shape index (κ3) is 3.26. The summed E-state index contributed by atoms with van der Waals surface area (Å²) in [7, 11) is 2.16. The number of halogens is 1. The van der Waals surface area contributed by atoms with Gasteiger partial charge in [0, 0.05) is 23.1 Å². The highest BCUT2D eigenvalue weighted by molar-refractivity contribution is 9.10. The van der Waals surface area contributed by atoms with Gasteiger partial charge in [0.05, 0.1) is 23.6 Å². The van der Waals surface area contributed by atoms with Crippen LogP contribution in [0.3, 0.4) is 0 Å². The molecule has 6 rings (SSSR count). The average Bonchev–Trinajstić information content (AvgIpc) is 3.40. The topological polar surface area (TPSA) is 37.2 Å². The number of rotatable bonds is 5. The van der Waals surface area contributed by atoms with Crippen molar-refractivity contribution in [2.75, 3.05) is 25.0 Å². The predicted octanol–water partition coefficient (Wildman–Crippen LogP) is 5.38. The van der Waals surface area contributed by atoms with Gasteiger partial charge in [-0.1, -0.05) is 58.4 Å². The third-order valence-electron chi connectivity index (χ3n) is 6.47. The summed E-state index contributed by atoms with van der Waals surface area (Å²) in [5, 5.41) is 9.38. The number of anilines is 2. The average molecular weight is 486 g/mol. The molecule has 0 bridgehead atoms. The standard InChI is InChI=1S/C26H24BrN5/c1-30(14-12-18-6-3-2-4-7-18)17-24-28-29-26-21-9-5-8-19-13-15-31(25(19)21)22-11-10-20(27)16-23(22)32(24)26/h2-11,16H,12-15,17H2,1H3. The summed E-state index contributed by atoms with van der Waals surface area (Å²) in [6, 6.07) is 23.7. The fraction of sp³-hybridized carbons (Fsp3) is 0.231. The van der Waals surface area contributed by atoms with Crippen molar-refractivity contribution in [3.05, 3.63) is 88.2 Å². The number of nitrogens with zero attached hydrogens (tertiary/aromatic N) is 5. The van der Waals surface area contributed by atoms with E-state index in [2.05, 4.69) is 109 Å². The first-order valence-corrected chi connectivity index (χ1v) is 11.8. The second-order valence-electron chi connectivity index (χ2n) is 8.60. The summed E-state index contributed by atoms with van der Waals surface area (Å²) in [6.07, 6.45) is 2.07. The van der Waals surface area contributed by atoms with Crippen LogP contribution in [-0.2, 0) is 19.4 Å². The van der Waals surface area contributed by atoms with Crippen molar-refractivity contribution in [2.24, 2.45) is 0 Å². The van der Waals surface area contributed by atoms with E-state index in [0.29, 0.717) is 0 Å². The Morgan fingerprint density at radius 1 is 0.969 bits per heavy atom. The predicted molar refractivity (Wildman–Crippen MR) is 132 cm³/mol. The van der Waals surface area contributed by atoms with E-state index in [-0.39, 0.29) is 0 Å². The zero-order chi connectivity index (χ0) is 21.7. The molecule has 3 heterocycles. The first-order chi connectivity index (χ1) is 15.7. The van der Waals surface area contributed by atoms with Crippen LogP contribution in [0.2, 0.25) is 0 Å². The van der Waals surface area contributed by atoms with E-state index in [1.165, 1.54) is 22.5 Å². The van der Waals surface area contributed by atoms with Gasteiger partial charge >= 0.3 is 0 Å². The molecule has 0 atom stereocenters. The van der Waals surface area contributed by atoms with Crippen LogP contribution in [0, 0.1) is 0 Å². The number of likely N-dealkylation sites (N-methyl/N-ethyl adjacent to an activating group) is 1. The summed E-state index contributed by atoms with van der Waals surface area (Å²) in [6.45, 7) is 2.69. The lowest BCUT2D eigenvalue weighted by atomic mass is 10.1. The van der Waals surface area contributed by atoms with Gasteiger partial charge in [-0.05, 0) is 55.3 Å². The van der Waals surface area contributed by atoms with Crippen molar-refractivity contribution in [1.29, 1.82) is 0 Å². The molecule has 3 aromatic carbocycles. The molecule has 0 radical (unpaired) electrons. The Bertz CT molecular complexity index is 1300. The zero-order valence-corrected chi connectivity index (χ0v) is 19.6. The van der Waals surface area contributed by atoms with E-state index in [1.54, 1.807) is 0 Å². The van der Waals surface area contributed by atoms with Crippen molar-refractivity contribution < 1.29 is 0 Å². The van der Waals surface area contributed by atoms with E-state index in [4.69, 9.17) is 5.10 Å². The maximum atomic E-state index is 4.71. The zero-order valence-electron chi connectivity index (χ0n) is 18.0. The quantitative estimate of drug-likeness (QED) is 0.380. The fourth-order valence-electron chi connectivity index (χ4n) is 4.91. The lowest BCUT2D eigenvalue weighted by Gasteiger charge is -2.22. The van der Waals surface area contributed by atoms with E-state index in [9.17, 15) is 0 Å². The first kappa shape index (κ1) is 19.7. The normalized spacial score (nSPS) is 13.7. The lowest BCUT2D eigenvalue weighted by molar-refractivity contribution is 0.320. The Balaban J connectivity index is 1.41. The second-order valence-corrected chi connectivity index (χ2v) is 9.51. The number of hydrogen-bond donors (Lipinski definition) is 0. The van der Waals surface area contributed by atoms with Crippen LogP contribution in [0.4, 0.5) is 11.4 Å². The Hall–Kier alpha value is -2.96. The van der Waals surface area contributed by atoms with Gasteiger partial charge < -0.3 is 4.90 Å². The number of para-hydroxylation sites is 1. The van der Waals surface area contributed by atoms with Crippen LogP contribution in [0.25, 0.3) is 17.1 Å². The van der Waals surface area contributed by atoms with Crippen LogP contribution < -0.4 is 4.90 Å². The molecule has 5 nitrogen and oxygen atoms in total. The highest BCUT2D eigenvalue weighted by Crippen LogP contribution is 2.47. The Morgan fingerprint density at radius 3 is 2.72 bits per heavy atom. The van der Waals surface area contributed by atoms with Gasteiger partial charge in [0.2, 0.25) is 0 Å². The summed E-state index contributed by atoms with van der Waals surface area (Å²) >= 11 is 3.69. The highest BCUT2D eigenvalue weighted by atomic mass is 79.9. The van der Waals surface area contributed by atoms with Crippen molar-refractivity contribution >= 4 is 27.3 Å². The maximum Gasteiger partial charge on any atom is 0.170 e. The molecule has 0 N–H and O–H groups in total. The minimum Gasteiger partial charge on any atom is -0.339 e. The van der Waals surface area contributed by atoms with Gasteiger partial charge in [0.1, 0.15) is 0 Å². The van der Waals surface area contributed by atoms with Crippen LogP contribution >= 0.6 is 15.9 Å². The van der Waals surface area contributed by atoms with Gasteiger partial charge in [0.15, 0.2) is 11.6 Å². The van der Waals surface area contributed by atoms with Gasteiger partial charge in [-0.25, -0.2) is 0 Å². The molecule has 6 heteroatoms. The SMILES string of the molecule is CN(CCc1ccccc1)Cc1nnc2n1-c1cc(Br)ccc1N1CCc3cccc-2c31. The molecule has 2 aliphatic rings. The van der Waals surface area contributed by atoms with Gasteiger partial charge in [0.25, 0.3) is 0 Å². The maximum absolute atomic E-state index is 4.71. The molecule has 32 heavy (non-hydrogen) atoms. The fourth-order valence-corrected chi connectivity index (χ4v) is 5.26. The molecule has 0 aliphatic carbocycles. The molecule has 0 fully saturated rings. The summed E-state index contributed by atoms with van der Waals surface area (Å²) in [5.41, 5.74) is 7.53. The molecule has 2 aliphatic heterocycles. The van der Waals surface area contributed by atoms with E-state index >= 15 is 0 Å². The summed E-state index contributed by atoms with van der Waals surface area (Å²) < 4.78 is 3.32. The molecule has 0 saturated heterocycles. The van der Waals surface area contributed by atoms with Crippen molar-refractivity contribution in [3.63, 3.8) is 0 Å². The minimum atomic E-state index is 0.737. The number of hydrogen-bond acceptors (Lipinski definition) is 4. The summed E-state index contributed by atoms with van der Waals surface area (Å²) in [4.78, 5) is 4.78. The largest absolute Gasteiger partial charge is 0.339 e. The first-order valence-electron chi connectivity index (χ1n) is 11.1. The number of fused-ring (bicyclic) bond motifs is 5. The molecule has 160 valence electrons. The molecule has 0 spiro atoms.